The minimum absolute atomic E-state index is 0. The quantitative estimate of drug-likeness (QED) is 0.424. The number of likely N-dealkylation sites (tertiary alicyclic amines) is 1. The number of fused-ring (bicyclic) bond motifs is 1. The highest BCUT2D eigenvalue weighted by Gasteiger charge is 2.35. The Morgan fingerprint density at radius 2 is 2.04 bits per heavy atom. The Kier molecular flexibility index (Phi) is 6.35. The molecule has 1 atom stereocenters. The van der Waals surface area contributed by atoms with Gasteiger partial charge in [-0.1, -0.05) is 18.2 Å². The van der Waals surface area contributed by atoms with Gasteiger partial charge in [0.2, 0.25) is 0 Å². The average Bonchev–Trinajstić information content (AvgIpc) is 3.10. The molecule has 0 bridgehead atoms. The van der Waals surface area contributed by atoms with Gasteiger partial charge in [0.25, 0.3) is 0 Å². The molecule has 1 unspecified atom stereocenters. The fourth-order valence-electron chi connectivity index (χ4n) is 3.35. The molecule has 3 rings (SSSR count). The van der Waals surface area contributed by atoms with E-state index in [2.05, 4.69) is 27.3 Å². The van der Waals surface area contributed by atoms with E-state index >= 15 is 0 Å². The van der Waals surface area contributed by atoms with E-state index < -0.39 is 12.7 Å². The van der Waals surface area contributed by atoms with Crippen LogP contribution in [-0.2, 0) is 6.42 Å². The molecule has 2 heterocycles. The first-order valence-corrected chi connectivity index (χ1v) is 7.84. The molecule has 0 radical (unpaired) electrons. The van der Waals surface area contributed by atoms with Crippen LogP contribution in [-0.4, -0.2) is 56.3 Å². The van der Waals surface area contributed by atoms with Gasteiger partial charge in [-0.25, -0.2) is 0 Å². The van der Waals surface area contributed by atoms with Crippen LogP contribution in [0.25, 0.3) is 0 Å². The first-order chi connectivity index (χ1) is 11.0. The summed E-state index contributed by atoms with van der Waals surface area (Å²) in [6.45, 7) is 0.868. The topological polar surface area (TPSA) is 30.9 Å². The molecule has 1 saturated heterocycles. The summed E-state index contributed by atoms with van der Waals surface area (Å²) in [6, 6.07) is 8.17. The fourth-order valence-corrected chi connectivity index (χ4v) is 3.35. The molecule has 2 aliphatic heterocycles. The van der Waals surface area contributed by atoms with Crippen molar-refractivity contribution in [2.24, 2.45) is 4.99 Å². The van der Waals surface area contributed by atoms with Gasteiger partial charge in [0.05, 0.1) is 6.54 Å². The molecule has 0 saturated carbocycles. The molecule has 1 fully saturated rings. The maximum atomic E-state index is 12.5. The number of alkyl halides is 3. The highest BCUT2D eigenvalue weighted by atomic mass is 127. The molecule has 0 amide bonds. The number of para-hydroxylation sites is 1. The van der Waals surface area contributed by atoms with Crippen LogP contribution < -0.4 is 10.2 Å². The minimum atomic E-state index is -4.13. The summed E-state index contributed by atoms with van der Waals surface area (Å²) in [5.74, 6) is 0.744. The van der Waals surface area contributed by atoms with Gasteiger partial charge in [-0.15, -0.1) is 24.0 Å². The fraction of sp³-hybridized carbons (Fsp3) is 0.562. The number of anilines is 1. The minimum Gasteiger partial charge on any atom is -0.352 e. The molecule has 1 aromatic rings. The number of guanidine groups is 1. The molecule has 8 heteroatoms. The third-order valence-electron chi connectivity index (χ3n) is 4.36. The second-order valence-electron chi connectivity index (χ2n) is 6.06. The van der Waals surface area contributed by atoms with Gasteiger partial charge < -0.3 is 10.2 Å². The summed E-state index contributed by atoms with van der Waals surface area (Å²) < 4.78 is 37.4. The van der Waals surface area contributed by atoms with Gasteiger partial charge in [-0.05, 0) is 24.5 Å². The Bertz CT molecular complexity index is 591. The Hall–Kier alpha value is -1.03. The van der Waals surface area contributed by atoms with Crippen molar-refractivity contribution in [3.63, 3.8) is 0 Å². The maximum absolute atomic E-state index is 12.5. The van der Waals surface area contributed by atoms with E-state index in [0.717, 1.165) is 24.6 Å². The van der Waals surface area contributed by atoms with Crippen LogP contribution in [0, 0.1) is 0 Å². The van der Waals surface area contributed by atoms with Gasteiger partial charge in [-0.2, -0.15) is 13.2 Å². The molecule has 0 aromatic heterocycles. The van der Waals surface area contributed by atoms with Crippen molar-refractivity contribution < 1.29 is 13.2 Å². The Balaban J connectivity index is 0.00000208. The second kappa shape index (κ2) is 7.90. The first kappa shape index (κ1) is 19.3. The molecule has 1 aromatic carbocycles. The summed E-state index contributed by atoms with van der Waals surface area (Å²) in [6.07, 6.45) is -2.48. The Morgan fingerprint density at radius 1 is 1.29 bits per heavy atom. The SMILES string of the molecule is CN=C(NC1CCN(CC(F)(F)F)C1)N1CCc2ccccc21.I. The maximum Gasteiger partial charge on any atom is 0.401 e. The van der Waals surface area contributed by atoms with Gasteiger partial charge in [-0.3, -0.25) is 9.89 Å². The molecule has 4 nitrogen and oxygen atoms in total. The number of rotatable bonds is 2. The van der Waals surface area contributed by atoms with E-state index in [1.165, 1.54) is 10.5 Å². The molecular weight excluding hydrogens is 432 g/mol. The summed E-state index contributed by atoms with van der Waals surface area (Å²) in [7, 11) is 1.71. The molecule has 2 aliphatic rings. The molecule has 24 heavy (non-hydrogen) atoms. The largest absolute Gasteiger partial charge is 0.401 e. The van der Waals surface area contributed by atoms with Crippen LogP contribution in [0.5, 0.6) is 0 Å². The van der Waals surface area contributed by atoms with Crippen molar-refractivity contribution in [3.05, 3.63) is 29.8 Å². The zero-order valence-corrected chi connectivity index (χ0v) is 15.8. The van der Waals surface area contributed by atoms with E-state index in [-0.39, 0.29) is 30.0 Å². The predicted octanol–water partition coefficient (Wildman–Crippen LogP) is 2.88. The van der Waals surface area contributed by atoms with Crippen LogP contribution in [0.2, 0.25) is 0 Å². The number of halogens is 4. The summed E-state index contributed by atoms with van der Waals surface area (Å²) in [5.41, 5.74) is 2.41. The highest BCUT2D eigenvalue weighted by Crippen LogP contribution is 2.27. The van der Waals surface area contributed by atoms with E-state index in [1.54, 1.807) is 7.05 Å². The van der Waals surface area contributed by atoms with Crippen molar-refractivity contribution in [2.45, 2.75) is 25.1 Å². The number of hydrogen-bond acceptors (Lipinski definition) is 2. The van der Waals surface area contributed by atoms with Crippen molar-refractivity contribution in [1.29, 1.82) is 0 Å². The van der Waals surface area contributed by atoms with Crippen LogP contribution in [0.15, 0.2) is 29.3 Å². The van der Waals surface area contributed by atoms with E-state index in [9.17, 15) is 13.2 Å². The highest BCUT2D eigenvalue weighted by molar-refractivity contribution is 14.0. The van der Waals surface area contributed by atoms with Crippen molar-refractivity contribution in [2.75, 3.05) is 38.1 Å². The van der Waals surface area contributed by atoms with E-state index in [0.29, 0.717) is 19.5 Å². The lowest BCUT2D eigenvalue weighted by Crippen LogP contribution is -2.47. The number of nitrogens with one attached hydrogen (secondary N) is 1. The average molecular weight is 454 g/mol. The summed E-state index contributed by atoms with van der Waals surface area (Å²) in [5, 5.41) is 3.33. The van der Waals surface area contributed by atoms with Gasteiger partial charge >= 0.3 is 6.18 Å². The lowest BCUT2D eigenvalue weighted by Gasteiger charge is -2.25. The zero-order chi connectivity index (χ0) is 16.4. The normalized spacial score (nSPS) is 21.6. The van der Waals surface area contributed by atoms with Crippen molar-refractivity contribution in [3.8, 4) is 0 Å². The lowest BCUT2D eigenvalue weighted by atomic mass is 10.2. The van der Waals surface area contributed by atoms with Crippen molar-refractivity contribution >= 4 is 35.6 Å². The van der Waals surface area contributed by atoms with Crippen LogP contribution >= 0.6 is 24.0 Å². The third kappa shape index (κ3) is 4.53. The smallest absolute Gasteiger partial charge is 0.352 e. The number of aliphatic imine (C=N–C) groups is 1. The number of benzene rings is 1. The molecule has 134 valence electrons. The van der Waals surface area contributed by atoms with Gasteiger partial charge in [0.1, 0.15) is 0 Å². The monoisotopic (exact) mass is 454 g/mol. The van der Waals surface area contributed by atoms with E-state index in [1.807, 2.05) is 12.1 Å². The lowest BCUT2D eigenvalue weighted by molar-refractivity contribution is -0.143. The summed E-state index contributed by atoms with van der Waals surface area (Å²) >= 11 is 0. The Labute approximate surface area is 157 Å². The summed E-state index contributed by atoms with van der Waals surface area (Å²) in [4.78, 5) is 7.88. The van der Waals surface area contributed by atoms with Gasteiger partial charge in [0.15, 0.2) is 5.96 Å². The number of hydrogen-bond donors (Lipinski definition) is 1. The number of nitrogens with zero attached hydrogens (tertiary/aromatic N) is 3. The van der Waals surface area contributed by atoms with Crippen LogP contribution in [0.1, 0.15) is 12.0 Å². The molecular formula is C16H22F3IN4. The zero-order valence-electron chi connectivity index (χ0n) is 13.5. The predicted molar refractivity (Wildman–Crippen MR) is 100 cm³/mol. The molecule has 0 aliphatic carbocycles. The Morgan fingerprint density at radius 3 is 2.75 bits per heavy atom. The van der Waals surface area contributed by atoms with Crippen molar-refractivity contribution in [1.82, 2.24) is 10.2 Å². The molecule has 0 spiro atoms. The van der Waals surface area contributed by atoms with Crippen LogP contribution in [0.3, 0.4) is 0 Å². The second-order valence-corrected chi connectivity index (χ2v) is 6.06. The molecule has 1 N–H and O–H groups in total. The first-order valence-electron chi connectivity index (χ1n) is 7.84. The standard InChI is InChI=1S/C16H21F3N4.HI/c1-20-15(23-9-6-12-4-2-3-5-14(12)23)21-13-7-8-22(10-13)11-16(17,18)19;/h2-5,13H,6-11H2,1H3,(H,20,21);1H. The third-order valence-corrected chi connectivity index (χ3v) is 4.36. The van der Waals surface area contributed by atoms with Gasteiger partial charge in [0, 0.05) is 38.4 Å². The van der Waals surface area contributed by atoms with E-state index in [4.69, 9.17) is 0 Å². The van der Waals surface area contributed by atoms with Crippen LogP contribution in [0.4, 0.5) is 18.9 Å².